The predicted octanol–water partition coefficient (Wildman–Crippen LogP) is 4.22. The lowest BCUT2D eigenvalue weighted by molar-refractivity contribution is 0.0785. The summed E-state index contributed by atoms with van der Waals surface area (Å²) in [5.41, 5.74) is 3.82. The Balaban J connectivity index is 1.81. The van der Waals surface area contributed by atoms with Gasteiger partial charge in [0.25, 0.3) is 5.91 Å². The zero-order valence-corrected chi connectivity index (χ0v) is 12.4. The van der Waals surface area contributed by atoms with Crippen molar-refractivity contribution in [1.29, 1.82) is 0 Å². The van der Waals surface area contributed by atoms with Crippen molar-refractivity contribution in [1.82, 2.24) is 4.90 Å². The van der Waals surface area contributed by atoms with Crippen LogP contribution in [0.4, 0.5) is 0 Å². The van der Waals surface area contributed by atoms with Crippen molar-refractivity contribution in [3.63, 3.8) is 0 Å². The molecule has 3 heteroatoms. The van der Waals surface area contributed by atoms with Crippen LogP contribution in [0.3, 0.4) is 0 Å². The fourth-order valence-corrected chi connectivity index (χ4v) is 2.41. The van der Waals surface area contributed by atoms with Gasteiger partial charge in [0, 0.05) is 24.7 Å². The van der Waals surface area contributed by atoms with Gasteiger partial charge in [-0.1, -0.05) is 42.5 Å². The summed E-state index contributed by atoms with van der Waals surface area (Å²) >= 11 is 0. The maximum Gasteiger partial charge on any atom is 0.253 e. The molecule has 3 rings (SSSR count). The van der Waals surface area contributed by atoms with E-state index in [1.807, 2.05) is 60.7 Å². The first-order valence-corrected chi connectivity index (χ1v) is 7.16. The van der Waals surface area contributed by atoms with Crippen LogP contribution in [0, 0.1) is 0 Å². The van der Waals surface area contributed by atoms with Gasteiger partial charge in [-0.3, -0.25) is 4.79 Å². The topological polar surface area (TPSA) is 33.5 Å². The molecule has 0 aliphatic rings. The molecule has 3 aromatic rings. The molecule has 0 radical (unpaired) electrons. The van der Waals surface area contributed by atoms with Crippen molar-refractivity contribution >= 4 is 5.91 Å². The van der Waals surface area contributed by atoms with E-state index in [0.717, 1.165) is 16.7 Å². The summed E-state index contributed by atoms with van der Waals surface area (Å²) in [6.07, 6.45) is 3.27. The minimum Gasteiger partial charge on any atom is -0.472 e. The minimum atomic E-state index is -0.000943. The summed E-state index contributed by atoms with van der Waals surface area (Å²) in [7, 11) is 1.80. The SMILES string of the molecule is CN(Cc1ccoc1)C(=O)c1cccc(-c2ccccc2)c1. The second kappa shape index (κ2) is 6.31. The van der Waals surface area contributed by atoms with E-state index in [1.165, 1.54) is 0 Å². The highest BCUT2D eigenvalue weighted by Gasteiger charge is 2.13. The van der Waals surface area contributed by atoms with E-state index in [0.29, 0.717) is 12.1 Å². The quantitative estimate of drug-likeness (QED) is 0.721. The second-order valence-corrected chi connectivity index (χ2v) is 5.24. The third kappa shape index (κ3) is 3.09. The van der Waals surface area contributed by atoms with Crippen molar-refractivity contribution in [3.8, 4) is 11.1 Å². The van der Waals surface area contributed by atoms with Gasteiger partial charge < -0.3 is 9.32 Å². The van der Waals surface area contributed by atoms with E-state index in [1.54, 1.807) is 24.5 Å². The molecule has 0 aliphatic heterocycles. The molecule has 0 unspecified atom stereocenters. The van der Waals surface area contributed by atoms with Gasteiger partial charge in [-0.05, 0) is 29.3 Å². The van der Waals surface area contributed by atoms with Gasteiger partial charge in [-0.15, -0.1) is 0 Å². The average molecular weight is 291 g/mol. The Morgan fingerprint density at radius 3 is 2.50 bits per heavy atom. The number of hydrogen-bond acceptors (Lipinski definition) is 2. The maximum atomic E-state index is 12.5. The summed E-state index contributed by atoms with van der Waals surface area (Å²) in [5, 5.41) is 0. The monoisotopic (exact) mass is 291 g/mol. The third-order valence-electron chi connectivity index (χ3n) is 3.56. The Morgan fingerprint density at radius 2 is 1.77 bits per heavy atom. The first kappa shape index (κ1) is 14.1. The van der Waals surface area contributed by atoms with Crippen LogP contribution in [0.25, 0.3) is 11.1 Å². The first-order chi connectivity index (χ1) is 10.7. The number of benzene rings is 2. The van der Waals surface area contributed by atoms with Gasteiger partial charge in [0.05, 0.1) is 12.5 Å². The summed E-state index contributed by atoms with van der Waals surface area (Å²) < 4.78 is 5.04. The molecule has 2 aromatic carbocycles. The molecule has 0 saturated carbocycles. The molecule has 0 spiro atoms. The minimum absolute atomic E-state index is 0.000943. The predicted molar refractivity (Wildman–Crippen MR) is 86.4 cm³/mol. The maximum absolute atomic E-state index is 12.5. The third-order valence-corrected chi connectivity index (χ3v) is 3.56. The summed E-state index contributed by atoms with van der Waals surface area (Å²) in [6.45, 7) is 0.533. The molecule has 110 valence electrons. The highest BCUT2D eigenvalue weighted by atomic mass is 16.3. The Bertz CT molecular complexity index is 748. The number of carbonyl (C=O) groups excluding carboxylic acids is 1. The summed E-state index contributed by atoms with van der Waals surface area (Å²) in [4.78, 5) is 14.2. The molecular weight excluding hydrogens is 274 g/mol. The molecule has 0 aliphatic carbocycles. The summed E-state index contributed by atoms with van der Waals surface area (Å²) in [6, 6.07) is 19.6. The van der Waals surface area contributed by atoms with E-state index >= 15 is 0 Å². The lowest BCUT2D eigenvalue weighted by atomic mass is 10.0. The van der Waals surface area contributed by atoms with Gasteiger partial charge in [0.2, 0.25) is 0 Å². The summed E-state index contributed by atoms with van der Waals surface area (Å²) in [5.74, 6) is -0.000943. The van der Waals surface area contributed by atoms with Crippen molar-refractivity contribution in [3.05, 3.63) is 84.3 Å². The van der Waals surface area contributed by atoms with E-state index in [-0.39, 0.29) is 5.91 Å². The van der Waals surface area contributed by atoms with Crippen LogP contribution in [0.1, 0.15) is 15.9 Å². The molecule has 0 bridgehead atoms. The highest BCUT2D eigenvalue weighted by Crippen LogP contribution is 2.21. The lowest BCUT2D eigenvalue weighted by Gasteiger charge is -2.16. The van der Waals surface area contributed by atoms with Gasteiger partial charge in [-0.25, -0.2) is 0 Å². The van der Waals surface area contributed by atoms with Crippen LogP contribution in [-0.2, 0) is 6.54 Å². The van der Waals surface area contributed by atoms with Crippen LogP contribution < -0.4 is 0 Å². The van der Waals surface area contributed by atoms with Crippen LogP contribution in [0.2, 0.25) is 0 Å². The second-order valence-electron chi connectivity index (χ2n) is 5.24. The Kier molecular flexibility index (Phi) is 4.05. The normalized spacial score (nSPS) is 10.4. The van der Waals surface area contributed by atoms with E-state index < -0.39 is 0 Å². The average Bonchev–Trinajstić information content (AvgIpc) is 3.08. The van der Waals surface area contributed by atoms with Gasteiger partial charge >= 0.3 is 0 Å². The Morgan fingerprint density at radius 1 is 1.00 bits per heavy atom. The smallest absolute Gasteiger partial charge is 0.253 e. The van der Waals surface area contributed by atoms with Gasteiger partial charge in [0.15, 0.2) is 0 Å². The number of nitrogens with zero attached hydrogens (tertiary/aromatic N) is 1. The number of hydrogen-bond donors (Lipinski definition) is 0. The number of amides is 1. The lowest BCUT2D eigenvalue weighted by Crippen LogP contribution is -2.25. The molecule has 0 atom stereocenters. The van der Waals surface area contributed by atoms with Crippen molar-refractivity contribution in [2.24, 2.45) is 0 Å². The number of carbonyl (C=O) groups is 1. The van der Waals surface area contributed by atoms with Crippen LogP contribution >= 0.6 is 0 Å². The number of furan rings is 1. The van der Waals surface area contributed by atoms with Crippen molar-refractivity contribution < 1.29 is 9.21 Å². The zero-order valence-electron chi connectivity index (χ0n) is 12.4. The molecule has 0 fully saturated rings. The van der Waals surface area contributed by atoms with Gasteiger partial charge in [0.1, 0.15) is 0 Å². The molecule has 0 saturated heterocycles. The van der Waals surface area contributed by atoms with Crippen LogP contribution in [-0.4, -0.2) is 17.9 Å². The van der Waals surface area contributed by atoms with Crippen molar-refractivity contribution in [2.75, 3.05) is 7.05 Å². The molecule has 1 heterocycles. The molecule has 1 aromatic heterocycles. The Labute approximate surface area is 129 Å². The van der Waals surface area contributed by atoms with E-state index in [4.69, 9.17) is 4.42 Å². The number of rotatable bonds is 4. The fourth-order valence-electron chi connectivity index (χ4n) is 2.41. The molecule has 1 amide bonds. The van der Waals surface area contributed by atoms with Crippen LogP contribution in [0.15, 0.2) is 77.6 Å². The van der Waals surface area contributed by atoms with Gasteiger partial charge in [-0.2, -0.15) is 0 Å². The molecule has 0 N–H and O–H groups in total. The standard InChI is InChI=1S/C19H17NO2/c1-20(13-15-10-11-22-14-15)19(21)18-9-5-8-17(12-18)16-6-3-2-4-7-16/h2-12,14H,13H2,1H3. The molecule has 22 heavy (non-hydrogen) atoms. The van der Waals surface area contributed by atoms with Crippen LogP contribution in [0.5, 0.6) is 0 Å². The fraction of sp³-hybridized carbons (Fsp3) is 0.105. The largest absolute Gasteiger partial charge is 0.472 e. The Hall–Kier alpha value is -2.81. The highest BCUT2D eigenvalue weighted by molar-refractivity contribution is 5.95. The molecular formula is C19H17NO2. The van der Waals surface area contributed by atoms with Crippen molar-refractivity contribution in [2.45, 2.75) is 6.54 Å². The molecule has 3 nitrogen and oxygen atoms in total. The zero-order chi connectivity index (χ0) is 15.4. The van der Waals surface area contributed by atoms with E-state index in [2.05, 4.69) is 0 Å². The first-order valence-electron chi connectivity index (χ1n) is 7.16. The van der Waals surface area contributed by atoms with E-state index in [9.17, 15) is 4.79 Å².